The monoisotopic (exact) mass is 362 g/mol. The fraction of sp³-hybridized carbons (Fsp3) is 0.316. The first-order valence-corrected chi connectivity index (χ1v) is 8.12. The first-order valence-electron chi connectivity index (χ1n) is 8.12. The molecule has 1 aliphatic rings. The van der Waals surface area contributed by atoms with Gasteiger partial charge in [-0.25, -0.2) is 0 Å². The smallest absolute Gasteiger partial charge is 0.240 e. The van der Waals surface area contributed by atoms with E-state index in [4.69, 9.17) is 15.2 Å². The predicted octanol–water partition coefficient (Wildman–Crippen LogP) is 3.02. The highest BCUT2D eigenvalue weighted by molar-refractivity contribution is 5.86. The van der Waals surface area contributed by atoms with Crippen molar-refractivity contribution in [2.24, 2.45) is 5.73 Å². The Morgan fingerprint density at radius 2 is 1.76 bits per heavy atom. The summed E-state index contributed by atoms with van der Waals surface area (Å²) in [4.78, 5) is 12.3. The lowest BCUT2D eigenvalue weighted by atomic mass is 9.90. The number of ether oxygens (including phenoxy) is 2. The fourth-order valence-electron chi connectivity index (χ4n) is 2.66. The highest BCUT2D eigenvalue weighted by Gasteiger charge is 2.35. The molecule has 25 heavy (non-hydrogen) atoms. The van der Waals surface area contributed by atoms with Gasteiger partial charge in [0.15, 0.2) is 0 Å². The molecule has 134 valence electrons. The van der Waals surface area contributed by atoms with Gasteiger partial charge in [-0.1, -0.05) is 30.3 Å². The van der Waals surface area contributed by atoms with E-state index in [0.29, 0.717) is 32.6 Å². The van der Waals surface area contributed by atoms with E-state index in [9.17, 15) is 4.79 Å². The summed E-state index contributed by atoms with van der Waals surface area (Å²) in [6.45, 7) is 1.49. The Bertz CT molecular complexity index is 688. The van der Waals surface area contributed by atoms with Crippen molar-refractivity contribution in [1.82, 2.24) is 5.32 Å². The highest BCUT2D eigenvalue weighted by Crippen LogP contribution is 2.22. The first kappa shape index (κ1) is 19.2. The molecule has 1 saturated heterocycles. The number of para-hydroxylation sites is 1. The van der Waals surface area contributed by atoms with E-state index in [1.54, 1.807) is 0 Å². The fourth-order valence-corrected chi connectivity index (χ4v) is 2.66. The number of rotatable bonds is 5. The van der Waals surface area contributed by atoms with Crippen LogP contribution in [-0.4, -0.2) is 24.7 Å². The Labute approximate surface area is 153 Å². The summed E-state index contributed by atoms with van der Waals surface area (Å²) >= 11 is 0. The van der Waals surface area contributed by atoms with Crippen molar-refractivity contribution in [3.63, 3.8) is 0 Å². The Kier molecular flexibility index (Phi) is 6.82. The zero-order valence-corrected chi connectivity index (χ0v) is 14.8. The number of hydrogen-bond donors (Lipinski definition) is 2. The molecule has 0 saturated carbocycles. The van der Waals surface area contributed by atoms with Gasteiger partial charge in [0, 0.05) is 19.8 Å². The lowest BCUT2D eigenvalue weighted by molar-refractivity contribution is -0.129. The van der Waals surface area contributed by atoms with Crippen molar-refractivity contribution in [2.45, 2.75) is 24.9 Å². The first-order chi connectivity index (χ1) is 11.7. The average Bonchev–Trinajstić information content (AvgIpc) is 2.61. The van der Waals surface area contributed by atoms with Gasteiger partial charge in [0.1, 0.15) is 11.5 Å². The molecule has 3 N–H and O–H groups in total. The normalized spacial score (nSPS) is 15.7. The Morgan fingerprint density at radius 1 is 1.08 bits per heavy atom. The minimum absolute atomic E-state index is 0. The maximum Gasteiger partial charge on any atom is 0.240 e. The van der Waals surface area contributed by atoms with Crippen LogP contribution in [0.25, 0.3) is 0 Å². The third-order valence-corrected chi connectivity index (χ3v) is 4.17. The van der Waals surface area contributed by atoms with Crippen molar-refractivity contribution in [3.8, 4) is 11.5 Å². The van der Waals surface area contributed by atoms with Crippen LogP contribution in [0.15, 0.2) is 54.6 Å². The van der Waals surface area contributed by atoms with Gasteiger partial charge in [0.05, 0.1) is 5.54 Å². The van der Waals surface area contributed by atoms with Crippen LogP contribution in [0.4, 0.5) is 0 Å². The molecule has 6 heteroatoms. The predicted molar refractivity (Wildman–Crippen MR) is 99.0 cm³/mol. The molecule has 1 amide bonds. The molecule has 5 nitrogen and oxygen atoms in total. The summed E-state index contributed by atoms with van der Waals surface area (Å²) in [6, 6.07) is 17.3. The van der Waals surface area contributed by atoms with Crippen molar-refractivity contribution in [1.29, 1.82) is 0 Å². The molecule has 0 spiro atoms. The number of nitrogens with two attached hydrogens (primary N) is 1. The number of amides is 1. The maximum absolute atomic E-state index is 12.3. The van der Waals surface area contributed by atoms with Crippen molar-refractivity contribution in [3.05, 3.63) is 60.2 Å². The largest absolute Gasteiger partial charge is 0.457 e. The zero-order valence-electron chi connectivity index (χ0n) is 13.9. The van der Waals surface area contributed by atoms with E-state index in [0.717, 1.165) is 17.1 Å². The third-order valence-electron chi connectivity index (χ3n) is 4.17. The zero-order chi connectivity index (χ0) is 16.8. The Morgan fingerprint density at radius 3 is 2.48 bits per heavy atom. The van der Waals surface area contributed by atoms with E-state index in [1.165, 1.54) is 0 Å². The van der Waals surface area contributed by atoms with Crippen LogP contribution in [0.5, 0.6) is 11.5 Å². The van der Waals surface area contributed by atoms with E-state index in [2.05, 4.69) is 5.32 Å². The van der Waals surface area contributed by atoms with Gasteiger partial charge in [-0.15, -0.1) is 12.4 Å². The quantitative estimate of drug-likeness (QED) is 0.857. The number of carbonyl (C=O) groups excluding carboxylic acids is 1. The van der Waals surface area contributed by atoms with Gasteiger partial charge < -0.3 is 20.5 Å². The van der Waals surface area contributed by atoms with Crippen LogP contribution in [-0.2, 0) is 16.1 Å². The van der Waals surface area contributed by atoms with E-state index < -0.39 is 5.54 Å². The SMILES string of the molecule is Cl.NC1(C(=O)NCc2cccc(Oc3ccccc3)c2)CCOCC1. The molecule has 0 aromatic heterocycles. The molecule has 0 radical (unpaired) electrons. The van der Waals surface area contributed by atoms with Gasteiger partial charge in [0.25, 0.3) is 0 Å². The van der Waals surface area contributed by atoms with Crippen LogP contribution in [0.1, 0.15) is 18.4 Å². The average molecular weight is 363 g/mol. The molecule has 2 aromatic rings. The standard InChI is InChI=1S/C19H22N2O3.ClH/c20-19(9-11-23-12-10-19)18(22)21-14-15-5-4-8-17(13-15)24-16-6-2-1-3-7-16;/h1-8,13H,9-12,14,20H2,(H,21,22);1H. The molecule has 2 aromatic carbocycles. The molecule has 1 fully saturated rings. The Hall–Kier alpha value is -2.08. The Balaban J connectivity index is 0.00000225. The van der Waals surface area contributed by atoms with Gasteiger partial charge in [0.2, 0.25) is 5.91 Å². The van der Waals surface area contributed by atoms with Gasteiger partial charge in [-0.05, 0) is 42.7 Å². The van der Waals surface area contributed by atoms with Gasteiger partial charge >= 0.3 is 0 Å². The minimum Gasteiger partial charge on any atom is -0.457 e. The van der Waals surface area contributed by atoms with Gasteiger partial charge in [-0.3, -0.25) is 4.79 Å². The molecule has 0 aliphatic carbocycles. The minimum atomic E-state index is -0.823. The number of nitrogens with one attached hydrogen (secondary N) is 1. The lowest BCUT2D eigenvalue weighted by Gasteiger charge is -2.31. The number of carbonyl (C=O) groups is 1. The van der Waals surface area contributed by atoms with Crippen LogP contribution < -0.4 is 15.8 Å². The topological polar surface area (TPSA) is 73.6 Å². The summed E-state index contributed by atoms with van der Waals surface area (Å²) < 4.78 is 11.1. The van der Waals surface area contributed by atoms with Crippen molar-refractivity contribution >= 4 is 18.3 Å². The van der Waals surface area contributed by atoms with Crippen LogP contribution >= 0.6 is 12.4 Å². The van der Waals surface area contributed by atoms with E-state index in [-0.39, 0.29) is 18.3 Å². The molecular formula is C19H23ClN2O3. The maximum atomic E-state index is 12.3. The van der Waals surface area contributed by atoms with Gasteiger partial charge in [-0.2, -0.15) is 0 Å². The third kappa shape index (κ3) is 5.19. The number of hydrogen-bond acceptors (Lipinski definition) is 4. The summed E-state index contributed by atoms with van der Waals surface area (Å²) in [5, 5.41) is 2.93. The molecular weight excluding hydrogens is 340 g/mol. The molecule has 0 bridgehead atoms. The molecule has 1 heterocycles. The van der Waals surface area contributed by atoms with Crippen molar-refractivity contribution < 1.29 is 14.3 Å². The highest BCUT2D eigenvalue weighted by atomic mass is 35.5. The van der Waals surface area contributed by atoms with Crippen LogP contribution in [0.3, 0.4) is 0 Å². The number of halogens is 1. The van der Waals surface area contributed by atoms with E-state index >= 15 is 0 Å². The molecule has 1 aliphatic heterocycles. The van der Waals surface area contributed by atoms with Crippen LogP contribution in [0, 0.1) is 0 Å². The molecule has 3 rings (SSSR count). The molecule has 0 atom stereocenters. The second-order valence-electron chi connectivity index (χ2n) is 6.01. The second kappa shape index (κ2) is 8.85. The summed E-state index contributed by atoms with van der Waals surface area (Å²) in [5.74, 6) is 1.39. The van der Waals surface area contributed by atoms with Crippen molar-refractivity contribution in [2.75, 3.05) is 13.2 Å². The summed E-state index contributed by atoms with van der Waals surface area (Å²) in [7, 11) is 0. The summed E-state index contributed by atoms with van der Waals surface area (Å²) in [6.07, 6.45) is 1.10. The van der Waals surface area contributed by atoms with E-state index in [1.807, 2.05) is 54.6 Å². The second-order valence-corrected chi connectivity index (χ2v) is 6.01. The number of benzene rings is 2. The molecule has 0 unspecified atom stereocenters. The lowest BCUT2D eigenvalue weighted by Crippen LogP contribution is -2.56. The summed E-state index contributed by atoms with van der Waals surface area (Å²) in [5.41, 5.74) is 6.32. The van der Waals surface area contributed by atoms with Crippen LogP contribution in [0.2, 0.25) is 0 Å².